The van der Waals surface area contributed by atoms with E-state index in [0.29, 0.717) is 37.0 Å². The molecule has 0 bridgehead atoms. The van der Waals surface area contributed by atoms with Crippen LogP contribution in [0, 0.1) is 5.92 Å². The SMILES string of the molecule is CC(C)(C)OC(=O)Nc1ccc2c(c1)[C@H](NC(=O)COC[C@@H]1CCOC1)CC(C)(C)O2. The van der Waals surface area contributed by atoms with E-state index in [-0.39, 0.29) is 18.6 Å². The molecule has 0 aliphatic carbocycles. The van der Waals surface area contributed by atoms with E-state index in [0.717, 1.165) is 18.6 Å². The summed E-state index contributed by atoms with van der Waals surface area (Å²) in [4.78, 5) is 24.7. The number of rotatable bonds is 6. The van der Waals surface area contributed by atoms with E-state index < -0.39 is 17.3 Å². The second-order valence-electron chi connectivity index (χ2n) is 9.81. The van der Waals surface area contributed by atoms with Gasteiger partial charge >= 0.3 is 6.09 Å². The Morgan fingerprint density at radius 1 is 1.26 bits per heavy atom. The maximum atomic E-state index is 12.5. The number of anilines is 1. The number of nitrogens with one attached hydrogen (secondary N) is 2. The molecule has 0 aromatic heterocycles. The van der Waals surface area contributed by atoms with Crippen LogP contribution in [0.5, 0.6) is 5.75 Å². The van der Waals surface area contributed by atoms with Crippen LogP contribution in [0.25, 0.3) is 0 Å². The van der Waals surface area contributed by atoms with Crippen molar-refractivity contribution in [3.8, 4) is 5.75 Å². The van der Waals surface area contributed by atoms with Gasteiger partial charge in [-0.15, -0.1) is 0 Å². The van der Waals surface area contributed by atoms with Gasteiger partial charge in [0.15, 0.2) is 0 Å². The molecular formula is C23H34N2O6. The number of amides is 2. The Balaban J connectivity index is 1.65. The summed E-state index contributed by atoms with van der Waals surface area (Å²) in [5.41, 5.74) is 0.359. The second-order valence-corrected chi connectivity index (χ2v) is 9.81. The van der Waals surface area contributed by atoms with E-state index in [4.69, 9.17) is 18.9 Å². The van der Waals surface area contributed by atoms with Gasteiger partial charge in [0.05, 0.1) is 19.3 Å². The zero-order valence-corrected chi connectivity index (χ0v) is 19.1. The van der Waals surface area contributed by atoms with Crippen molar-refractivity contribution in [3.05, 3.63) is 23.8 Å². The molecule has 0 unspecified atom stereocenters. The number of hydrogen-bond acceptors (Lipinski definition) is 6. The van der Waals surface area contributed by atoms with Crippen molar-refractivity contribution in [1.29, 1.82) is 0 Å². The standard InChI is InChI=1S/C23H34N2O6/c1-22(2,3)31-21(27)24-16-6-7-19-17(10-16)18(11-23(4,5)30-19)25-20(26)14-29-13-15-8-9-28-12-15/h6-7,10,15,18H,8-9,11-14H2,1-5H3,(H,24,27)(H,25,26)/t15-,18-/m1/s1. The van der Waals surface area contributed by atoms with Crippen LogP contribution in [-0.4, -0.2) is 49.6 Å². The van der Waals surface area contributed by atoms with E-state index in [9.17, 15) is 9.59 Å². The Hall–Kier alpha value is -2.32. The third-order valence-electron chi connectivity index (χ3n) is 5.06. The number of fused-ring (bicyclic) bond motifs is 1. The smallest absolute Gasteiger partial charge is 0.412 e. The van der Waals surface area contributed by atoms with Crippen LogP contribution in [0.15, 0.2) is 18.2 Å². The minimum absolute atomic E-state index is 0.000527. The average Bonchev–Trinajstić information content (AvgIpc) is 3.13. The molecule has 2 aliphatic heterocycles. The number of benzene rings is 1. The summed E-state index contributed by atoms with van der Waals surface area (Å²) in [5.74, 6) is 0.857. The molecule has 1 aromatic rings. The maximum Gasteiger partial charge on any atom is 0.412 e. The fourth-order valence-corrected chi connectivity index (χ4v) is 3.75. The molecule has 2 atom stereocenters. The Bertz CT molecular complexity index is 796. The molecule has 31 heavy (non-hydrogen) atoms. The maximum absolute atomic E-state index is 12.5. The molecule has 0 saturated carbocycles. The van der Waals surface area contributed by atoms with Crippen LogP contribution in [0.2, 0.25) is 0 Å². The number of carbonyl (C=O) groups excluding carboxylic acids is 2. The highest BCUT2D eigenvalue weighted by molar-refractivity contribution is 5.85. The first-order valence-corrected chi connectivity index (χ1v) is 10.8. The molecule has 2 aliphatic rings. The van der Waals surface area contributed by atoms with Gasteiger partial charge in [0.1, 0.15) is 23.6 Å². The van der Waals surface area contributed by atoms with E-state index in [1.54, 1.807) is 12.1 Å². The molecule has 0 spiro atoms. The normalized spacial score (nSPS) is 22.2. The lowest BCUT2D eigenvalue weighted by Crippen LogP contribution is -2.42. The van der Waals surface area contributed by atoms with E-state index in [1.807, 2.05) is 40.7 Å². The molecule has 172 valence electrons. The number of hydrogen-bond donors (Lipinski definition) is 2. The van der Waals surface area contributed by atoms with Crippen molar-refractivity contribution >= 4 is 17.7 Å². The minimum atomic E-state index is -0.591. The second kappa shape index (κ2) is 9.44. The van der Waals surface area contributed by atoms with Gasteiger partial charge < -0.3 is 24.3 Å². The van der Waals surface area contributed by atoms with Crippen LogP contribution >= 0.6 is 0 Å². The molecule has 3 rings (SSSR count). The summed E-state index contributed by atoms with van der Waals surface area (Å²) in [7, 11) is 0. The van der Waals surface area contributed by atoms with Gasteiger partial charge in [-0.05, 0) is 59.2 Å². The highest BCUT2D eigenvalue weighted by atomic mass is 16.6. The fourth-order valence-electron chi connectivity index (χ4n) is 3.75. The molecule has 1 fully saturated rings. The highest BCUT2D eigenvalue weighted by Crippen LogP contribution is 2.40. The van der Waals surface area contributed by atoms with Crippen molar-refractivity contribution in [3.63, 3.8) is 0 Å². The van der Waals surface area contributed by atoms with Crippen molar-refractivity contribution in [2.45, 2.75) is 64.7 Å². The van der Waals surface area contributed by atoms with Crippen LogP contribution in [0.3, 0.4) is 0 Å². The zero-order chi connectivity index (χ0) is 22.6. The van der Waals surface area contributed by atoms with Crippen molar-refractivity contribution in [1.82, 2.24) is 5.32 Å². The summed E-state index contributed by atoms with van der Waals surface area (Å²) in [6.45, 7) is 11.4. The fraction of sp³-hybridized carbons (Fsp3) is 0.652. The van der Waals surface area contributed by atoms with Gasteiger partial charge in [-0.1, -0.05) is 0 Å². The third-order valence-corrected chi connectivity index (χ3v) is 5.06. The van der Waals surface area contributed by atoms with Crippen LogP contribution in [0.4, 0.5) is 10.5 Å². The number of ether oxygens (including phenoxy) is 4. The molecule has 8 heteroatoms. The van der Waals surface area contributed by atoms with Gasteiger partial charge in [0.2, 0.25) is 5.91 Å². The Morgan fingerprint density at radius 3 is 2.71 bits per heavy atom. The average molecular weight is 435 g/mol. The molecule has 1 aromatic carbocycles. The van der Waals surface area contributed by atoms with Crippen LogP contribution in [-0.2, 0) is 19.0 Å². The van der Waals surface area contributed by atoms with E-state index in [1.165, 1.54) is 0 Å². The highest BCUT2D eigenvalue weighted by Gasteiger charge is 2.35. The van der Waals surface area contributed by atoms with Gasteiger partial charge in [0, 0.05) is 30.2 Å². The van der Waals surface area contributed by atoms with Crippen LogP contribution < -0.4 is 15.4 Å². The minimum Gasteiger partial charge on any atom is -0.487 e. The molecule has 8 nitrogen and oxygen atoms in total. The largest absolute Gasteiger partial charge is 0.487 e. The molecule has 2 heterocycles. The lowest BCUT2D eigenvalue weighted by Gasteiger charge is -2.38. The van der Waals surface area contributed by atoms with Gasteiger partial charge in [-0.25, -0.2) is 4.79 Å². The van der Waals surface area contributed by atoms with Crippen molar-refractivity contribution < 1.29 is 28.5 Å². The molecule has 2 N–H and O–H groups in total. The number of carbonyl (C=O) groups is 2. The summed E-state index contributed by atoms with van der Waals surface area (Å²) in [6.07, 6.45) is 1.03. The Kier molecular flexibility index (Phi) is 7.11. The molecule has 1 saturated heterocycles. The predicted molar refractivity (Wildman–Crippen MR) is 116 cm³/mol. The van der Waals surface area contributed by atoms with Crippen molar-refractivity contribution in [2.24, 2.45) is 5.92 Å². The summed E-state index contributed by atoms with van der Waals surface area (Å²) >= 11 is 0. The van der Waals surface area contributed by atoms with E-state index >= 15 is 0 Å². The molecule has 2 amide bonds. The van der Waals surface area contributed by atoms with E-state index in [2.05, 4.69) is 10.6 Å². The first-order chi connectivity index (χ1) is 14.5. The quantitative estimate of drug-likeness (QED) is 0.707. The monoisotopic (exact) mass is 434 g/mol. The Labute approximate surface area is 184 Å². The van der Waals surface area contributed by atoms with Crippen LogP contribution in [0.1, 0.15) is 59.1 Å². The first-order valence-electron chi connectivity index (χ1n) is 10.8. The summed E-state index contributed by atoms with van der Waals surface area (Å²) in [5, 5.41) is 5.80. The Morgan fingerprint density at radius 2 is 2.03 bits per heavy atom. The lowest BCUT2D eigenvalue weighted by molar-refractivity contribution is -0.127. The zero-order valence-electron chi connectivity index (χ0n) is 19.1. The molecule has 0 radical (unpaired) electrons. The third kappa shape index (κ3) is 7.11. The topological polar surface area (TPSA) is 95.1 Å². The molecular weight excluding hydrogens is 400 g/mol. The predicted octanol–water partition coefficient (Wildman–Crippen LogP) is 3.81. The van der Waals surface area contributed by atoms with Gasteiger partial charge in [-0.2, -0.15) is 0 Å². The summed E-state index contributed by atoms with van der Waals surface area (Å²) in [6, 6.07) is 5.12. The first kappa shape index (κ1) is 23.3. The summed E-state index contributed by atoms with van der Waals surface area (Å²) < 4.78 is 22.3. The lowest BCUT2D eigenvalue weighted by atomic mass is 9.89. The van der Waals surface area contributed by atoms with Gasteiger partial charge in [0.25, 0.3) is 0 Å². The van der Waals surface area contributed by atoms with Crippen molar-refractivity contribution in [2.75, 3.05) is 31.7 Å². The van der Waals surface area contributed by atoms with Gasteiger partial charge in [-0.3, -0.25) is 10.1 Å².